The van der Waals surface area contributed by atoms with E-state index in [0.717, 1.165) is 5.56 Å². The number of Topliss-reactive ketones (excluding diaryl/α,β-unsaturated/α-hetero) is 1. The van der Waals surface area contributed by atoms with Crippen molar-refractivity contribution in [2.45, 2.75) is 33.5 Å². The lowest BCUT2D eigenvalue weighted by atomic mass is 9.90. The monoisotopic (exact) mass is 264 g/mol. The quantitative estimate of drug-likeness (QED) is 0.822. The number of rotatable bonds is 7. The number of ketones is 1. The van der Waals surface area contributed by atoms with Crippen molar-refractivity contribution >= 4 is 11.8 Å². The molecule has 0 fully saturated rings. The van der Waals surface area contributed by atoms with Gasteiger partial charge in [0.25, 0.3) is 0 Å². The molecular formula is C15H20O4. The minimum Gasteiger partial charge on any atom is -0.481 e. The third-order valence-corrected chi connectivity index (χ3v) is 3.30. The number of carbonyl (C=O) groups excluding carboxylic acids is 1. The van der Waals surface area contributed by atoms with Crippen molar-refractivity contribution in [1.29, 1.82) is 0 Å². The van der Waals surface area contributed by atoms with Crippen molar-refractivity contribution in [3.8, 4) is 0 Å². The molecule has 3 atom stereocenters. The van der Waals surface area contributed by atoms with Gasteiger partial charge in [-0.3, -0.25) is 9.59 Å². The van der Waals surface area contributed by atoms with Crippen molar-refractivity contribution in [3.05, 3.63) is 35.9 Å². The van der Waals surface area contributed by atoms with Crippen molar-refractivity contribution in [1.82, 2.24) is 0 Å². The fourth-order valence-corrected chi connectivity index (χ4v) is 1.86. The zero-order valence-corrected chi connectivity index (χ0v) is 11.5. The Bertz CT molecular complexity index is 407. The number of hydrogen-bond acceptors (Lipinski definition) is 3. The van der Waals surface area contributed by atoms with E-state index < -0.39 is 23.9 Å². The normalized spacial score (nSPS) is 15.5. The van der Waals surface area contributed by atoms with Gasteiger partial charge in [0.15, 0.2) is 0 Å². The topological polar surface area (TPSA) is 63.6 Å². The lowest BCUT2D eigenvalue weighted by molar-refractivity contribution is -0.150. The molecule has 0 saturated carbocycles. The van der Waals surface area contributed by atoms with Gasteiger partial charge in [-0.15, -0.1) is 0 Å². The highest BCUT2D eigenvalue weighted by Gasteiger charge is 2.31. The summed E-state index contributed by atoms with van der Waals surface area (Å²) in [5, 5.41) is 9.09. The Labute approximate surface area is 113 Å². The molecule has 0 aliphatic heterocycles. The number of hydrogen-bond donors (Lipinski definition) is 1. The van der Waals surface area contributed by atoms with E-state index in [0.29, 0.717) is 6.61 Å². The summed E-state index contributed by atoms with van der Waals surface area (Å²) in [5.74, 6) is -2.17. The molecule has 104 valence electrons. The van der Waals surface area contributed by atoms with Crippen LogP contribution in [0.4, 0.5) is 0 Å². The molecule has 4 nitrogen and oxygen atoms in total. The van der Waals surface area contributed by atoms with Crippen LogP contribution in [0, 0.1) is 11.8 Å². The molecule has 0 aliphatic rings. The molecule has 0 aromatic heterocycles. The summed E-state index contributed by atoms with van der Waals surface area (Å²) in [6.45, 7) is 5.04. The average Bonchev–Trinajstić information content (AvgIpc) is 2.39. The van der Waals surface area contributed by atoms with Crippen LogP contribution in [0.15, 0.2) is 30.3 Å². The van der Waals surface area contributed by atoms with Gasteiger partial charge in [0.2, 0.25) is 0 Å². The fraction of sp³-hybridized carbons (Fsp3) is 0.467. The fourth-order valence-electron chi connectivity index (χ4n) is 1.86. The minimum atomic E-state index is -0.953. The second kappa shape index (κ2) is 7.04. The molecule has 0 unspecified atom stereocenters. The molecular weight excluding hydrogens is 244 g/mol. The molecule has 4 heteroatoms. The van der Waals surface area contributed by atoms with Gasteiger partial charge in [0, 0.05) is 5.92 Å². The summed E-state index contributed by atoms with van der Waals surface area (Å²) in [5.41, 5.74) is 0.959. The highest BCUT2D eigenvalue weighted by atomic mass is 16.5. The zero-order valence-electron chi connectivity index (χ0n) is 11.5. The van der Waals surface area contributed by atoms with Crippen LogP contribution in [0.5, 0.6) is 0 Å². The van der Waals surface area contributed by atoms with Gasteiger partial charge in [0.1, 0.15) is 5.78 Å². The Kier molecular flexibility index (Phi) is 5.70. The third-order valence-electron chi connectivity index (χ3n) is 3.30. The van der Waals surface area contributed by atoms with Crippen LogP contribution in [0.3, 0.4) is 0 Å². The number of carbonyl (C=O) groups is 2. The average molecular weight is 264 g/mol. The molecule has 1 N–H and O–H groups in total. The molecule has 0 amide bonds. The minimum absolute atomic E-state index is 0.0637. The van der Waals surface area contributed by atoms with Crippen LogP contribution in [0.2, 0.25) is 0 Å². The lowest BCUT2D eigenvalue weighted by Gasteiger charge is -2.26. The highest BCUT2D eigenvalue weighted by molar-refractivity contribution is 5.80. The highest BCUT2D eigenvalue weighted by Crippen LogP contribution is 2.20. The summed E-state index contributed by atoms with van der Waals surface area (Å²) in [6.07, 6.45) is -0.616. The first-order chi connectivity index (χ1) is 8.93. The SMILES string of the molecule is CC(=O)[C@H](C)[C@H](OCc1ccccc1)[C@H](C)C(=O)O. The van der Waals surface area contributed by atoms with Crippen molar-refractivity contribution in [3.63, 3.8) is 0 Å². The van der Waals surface area contributed by atoms with Gasteiger partial charge in [-0.05, 0) is 19.4 Å². The van der Waals surface area contributed by atoms with E-state index in [4.69, 9.17) is 9.84 Å². The Hall–Kier alpha value is -1.68. The summed E-state index contributed by atoms with van der Waals surface area (Å²) in [7, 11) is 0. The Morgan fingerprint density at radius 3 is 2.21 bits per heavy atom. The van der Waals surface area contributed by atoms with E-state index in [2.05, 4.69) is 0 Å². The molecule has 0 bridgehead atoms. The Morgan fingerprint density at radius 1 is 1.16 bits per heavy atom. The first kappa shape index (κ1) is 15.4. The predicted octanol–water partition coefficient (Wildman–Crippen LogP) is 2.52. The van der Waals surface area contributed by atoms with Crippen molar-refractivity contribution in [2.24, 2.45) is 11.8 Å². The van der Waals surface area contributed by atoms with Gasteiger partial charge < -0.3 is 9.84 Å². The number of benzene rings is 1. The largest absolute Gasteiger partial charge is 0.481 e. The molecule has 0 aliphatic carbocycles. The van der Waals surface area contributed by atoms with Crippen molar-refractivity contribution in [2.75, 3.05) is 0 Å². The van der Waals surface area contributed by atoms with E-state index >= 15 is 0 Å². The number of carboxylic acids is 1. The number of aliphatic carboxylic acids is 1. The number of carboxylic acid groups (broad SMARTS) is 1. The standard InChI is InChI=1S/C15H20O4/c1-10(12(3)16)14(11(2)15(17)18)19-9-13-7-5-4-6-8-13/h4-8,10-11,14H,9H2,1-3H3,(H,17,18)/t10-,11-,14-/m0/s1. The number of ether oxygens (including phenoxy) is 1. The van der Waals surface area contributed by atoms with E-state index in [1.54, 1.807) is 13.8 Å². The molecule has 1 aromatic rings. The maximum atomic E-state index is 11.5. The third kappa shape index (κ3) is 4.48. The summed E-state index contributed by atoms with van der Waals surface area (Å²) < 4.78 is 5.67. The summed E-state index contributed by atoms with van der Waals surface area (Å²) >= 11 is 0. The molecule has 0 radical (unpaired) electrons. The van der Waals surface area contributed by atoms with Crippen LogP contribution in [-0.4, -0.2) is 23.0 Å². The van der Waals surface area contributed by atoms with Gasteiger partial charge in [0.05, 0.1) is 18.6 Å². The predicted molar refractivity (Wildman–Crippen MR) is 71.7 cm³/mol. The van der Waals surface area contributed by atoms with Crippen LogP contribution in [-0.2, 0) is 20.9 Å². The second-order valence-corrected chi connectivity index (χ2v) is 4.79. The first-order valence-corrected chi connectivity index (χ1v) is 6.32. The Morgan fingerprint density at radius 2 is 1.74 bits per heavy atom. The zero-order chi connectivity index (χ0) is 14.4. The van der Waals surface area contributed by atoms with E-state index in [-0.39, 0.29) is 5.78 Å². The molecule has 1 aromatic carbocycles. The molecule has 0 heterocycles. The molecule has 19 heavy (non-hydrogen) atoms. The van der Waals surface area contributed by atoms with Crippen LogP contribution in [0.1, 0.15) is 26.3 Å². The van der Waals surface area contributed by atoms with Crippen LogP contribution >= 0.6 is 0 Å². The van der Waals surface area contributed by atoms with E-state index in [1.807, 2.05) is 30.3 Å². The van der Waals surface area contributed by atoms with Gasteiger partial charge >= 0.3 is 5.97 Å². The van der Waals surface area contributed by atoms with E-state index in [1.165, 1.54) is 6.92 Å². The lowest BCUT2D eigenvalue weighted by Crippen LogP contribution is -2.36. The summed E-state index contributed by atoms with van der Waals surface area (Å²) in [4.78, 5) is 22.5. The second-order valence-electron chi connectivity index (χ2n) is 4.79. The molecule has 0 spiro atoms. The Balaban J connectivity index is 2.74. The van der Waals surface area contributed by atoms with Crippen LogP contribution < -0.4 is 0 Å². The van der Waals surface area contributed by atoms with Crippen molar-refractivity contribution < 1.29 is 19.4 Å². The van der Waals surface area contributed by atoms with Gasteiger partial charge in [-0.25, -0.2) is 0 Å². The maximum Gasteiger partial charge on any atom is 0.308 e. The molecule has 1 rings (SSSR count). The van der Waals surface area contributed by atoms with E-state index in [9.17, 15) is 9.59 Å². The molecule has 0 saturated heterocycles. The van der Waals surface area contributed by atoms with Gasteiger partial charge in [-0.2, -0.15) is 0 Å². The summed E-state index contributed by atoms with van der Waals surface area (Å²) in [6, 6.07) is 9.49. The van der Waals surface area contributed by atoms with Gasteiger partial charge in [-0.1, -0.05) is 37.3 Å². The smallest absolute Gasteiger partial charge is 0.308 e. The first-order valence-electron chi connectivity index (χ1n) is 6.32. The maximum absolute atomic E-state index is 11.5. The van der Waals surface area contributed by atoms with Crippen LogP contribution in [0.25, 0.3) is 0 Å².